The van der Waals surface area contributed by atoms with E-state index in [1.165, 1.54) is 103 Å². The summed E-state index contributed by atoms with van der Waals surface area (Å²) < 4.78 is 0. The Labute approximate surface area is 183 Å². The van der Waals surface area contributed by atoms with Crippen LogP contribution in [0.4, 0.5) is 0 Å². The number of aliphatic carboxylic acids is 1. The van der Waals surface area contributed by atoms with Crippen molar-refractivity contribution in [2.45, 2.75) is 149 Å². The molecule has 0 radical (unpaired) electrons. The Kier molecular flexibility index (Phi) is 21.7. The van der Waals surface area contributed by atoms with Gasteiger partial charge in [0.2, 0.25) is 0 Å². The van der Waals surface area contributed by atoms with Crippen LogP contribution in [0.3, 0.4) is 0 Å². The lowest BCUT2D eigenvalue weighted by Crippen LogP contribution is -2.37. The van der Waals surface area contributed by atoms with E-state index in [9.17, 15) is 4.79 Å². The third-order valence-electron chi connectivity index (χ3n) is 6.28. The van der Waals surface area contributed by atoms with Crippen LogP contribution in [0.5, 0.6) is 0 Å². The average Bonchev–Trinajstić information content (AvgIpc) is 2.71. The molecule has 1 unspecified atom stereocenters. The minimum atomic E-state index is -0.650. The first kappa shape index (κ1) is 28.4. The fourth-order valence-electron chi connectivity index (χ4n) is 4.31. The van der Waals surface area contributed by atoms with E-state index in [-0.39, 0.29) is 0 Å². The van der Waals surface area contributed by atoms with E-state index in [1.54, 1.807) is 0 Å². The highest BCUT2D eigenvalue weighted by Crippen LogP contribution is 2.16. The summed E-state index contributed by atoms with van der Waals surface area (Å²) >= 11 is 0. The molecule has 0 saturated carbocycles. The molecule has 0 saturated heterocycles. The van der Waals surface area contributed by atoms with Crippen molar-refractivity contribution < 1.29 is 9.90 Å². The van der Waals surface area contributed by atoms with E-state index in [4.69, 9.17) is 5.11 Å². The molecule has 1 N–H and O–H groups in total. The first-order valence-electron chi connectivity index (χ1n) is 13.1. The Balaban J connectivity index is 4.13. The zero-order valence-corrected chi connectivity index (χ0v) is 20.2. The number of hydrogen-bond acceptors (Lipinski definition) is 2. The molecule has 0 bridgehead atoms. The van der Waals surface area contributed by atoms with Crippen molar-refractivity contribution in [1.29, 1.82) is 0 Å². The molecule has 3 heteroatoms. The first-order valence-corrected chi connectivity index (χ1v) is 13.1. The van der Waals surface area contributed by atoms with Gasteiger partial charge in [-0.1, -0.05) is 111 Å². The van der Waals surface area contributed by atoms with Crippen molar-refractivity contribution in [3.8, 4) is 0 Å². The maximum absolute atomic E-state index is 11.0. The van der Waals surface area contributed by atoms with Crippen LogP contribution in [0.15, 0.2) is 0 Å². The van der Waals surface area contributed by atoms with Crippen LogP contribution in [0.25, 0.3) is 0 Å². The minimum absolute atomic E-state index is 0.309. The fourth-order valence-corrected chi connectivity index (χ4v) is 4.31. The van der Waals surface area contributed by atoms with Gasteiger partial charge in [-0.3, -0.25) is 4.79 Å². The number of nitrogens with zero attached hydrogens (tertiary/aromatic N) is 1. The zero-order valence-electron chi connectivity index (χ0n) is 20.2. The summed E-state index contributed by atoms with van der Waals surface area (Å²) in [6, 6.07) is 0.445. The Morgan fingerprint density at radius 3 is 1.38 bits per heavy atom. The van der Waals surface area contributed by atoms with Gasteiger partial charge in [0.25, 0.3) is 0 Å². The van der Waals surface area contributed by atoms with Crippen LogP contribution in [0.2, 0.25) is 0 Å². The SMILES string of the molecule is CCCCCCCCCCN(CCCCCCCCCC)C(CC)CCC(=O)O. The van der Waals surface area contributed by atoms with Crippen LogP contribution in [-0.4, -0.2) is 35.1 Å². The van der Waals surface area contributed by atoms with Gasteiger partial charge in [-0.05, 0) is 38.8 Å². The molecule has 0 fully saturated rings. The largest absolute Gasteiger partial charge is 0.481 e. The smallest absolute Gasteiger partial charge is 0.303 e. The molecule has 29 heavy (non-hydrogen) atoms. The maximum Gasteiger partial charge on any atom is 0.303 e. The lowest BCUT2D eigenvalue weighted by atomic mass is 10.0. The van der Waals surface area contributed by atoms with Gasteiger partial charge >= 0.3 is 5.97 Å². The van der Waals surface area contributed by atoms with Crippen molar-refractivity contribution in [2.24, 2.45) is 0 Å². The van der Waals surface area contributed by atoms with Gasteiger partial charge in [-0.2, -0.15) is 0 Å². The lowest BCUT2D eigenvalue weighted by molar-refractivity contribution is -0.137. The highest BCUT2D eigenvalue weighted by Gasteiger charge is 2.17. The molecule has 0 aliphatic rings. The van der Waals surface area contributed by atoms with Gasteiger partial charge in [-0.15, -0.1) is 0 Å². The third kappa shape index (κ3) is 19.2. The van der Waals surface area contributed by atoms with Crippen molar-refractivity contribution in [3.05, 3.63) is 0 Å². The quantitative estimate of drug-likeness (QED) is 0.172. The molecule has 0 amide bonds. The van der Waals surface area contributed by atoms with E-state index in [2.05, 4.69) is 25.7 Å². The Morgan fingerprint density at radius 2 is 1.03 bits per heavy atom. The number of carbonyl (C=O) groups is 1. The number of rotatable bonds is 23. The average molecular weight is 412 g/mol. The summed E-state index contributed by atoms with van der Waals surface area (Å²) in [7, 11) is 0. The normalized spacial score (nSPS) is 12.6. The minimum Gasteiger partial charge on any atom is -0.481 e. The van der Waals surface area contributed by atoms with E-state index >= 15 is 0 Å². The summed E-state index contributed by atoms with van der Waals surface area (Å²) in [6.45, 7) is 9.08. The van der Waals surface area contributed by atoms with Crippen LogP contribution < -0.4 is 0 Å². The van der Waals surface area contributed by atoms with Crippen LogP contribution in [-0.2, 0) is 4.79 Å². The molecule has 1 atom stereocenters. The van der Waals surface area contributed by atoms with Gasteiger partial charge in [-0.25, -0.2) is 0 Å². The third-order valence-corrected chi connectivity index (χ3v) is 6.28. The van der Waals surface area contributed by atoms with Crippen LogP contribution in [0.1, 0.15) is 143 Å². The summed E-state index contributed by atoms with van der Waals surface area (Å²) in [4.78, 5) is 13.7. The molecule has 0 aliphatic heterocycles. The van der Waals surface area contributed by atoms with Crippen LogP contribution >= 0.6 is 0 Å². The number of unbranched alkanes of at least 4 members (excludes halogenated alkanes) is 14. The van der Waals surface area contributed by atoms with Crippen molar-refractivity contribution in [2.75, 3.05) is 13.1 Å². The molecule has 0 aromatic heterocycles. The topological polar surface area (TPSA) is 40.5 Å². The predicted molar refractivity (Wildman–Crippen MR) is 128 cm³/mol. The van der Waals surface area contributed by atoms with E-state index in [0.29, 0.717) is 12.5 Å². The molecular formula is C26H53NO2. The van der Waals surface area contributed by atoms with Gasteiger partial charge in [0, 0.05) is 12.5 Å². The van der Waals surface area contributed by atoms with Crippen molar-refractivity contribution in [3.63, 3.8) is 0 Å². The first-order chi connectivity index (χ1) is 14.2. The lowest BCUT2D eigenvalue weighted by Gasteiger charge is -2.31. The molecular weight excluding hydrogens is 358 g/mol. The second-order valence-electron chi connectivity index (χ2n) is 8.98. The number of carboxylic acid groups (broad SMARTS) is 1. The van der Waals surface area contributed by atoms with E-state index in [1.807, 2.05) is 0 Å². The zero-order chi connectivity index (χ0) is 21.6. The molecule has 0 heterocycles. The Hall–Kier alpha value is -0.570. The summed E-state index contributed by atoms with van der Waals surface area (Å²) in [6.07, 6.45) is 23.9. The number of carboxylic acids is 1. The maximum atomic E-state index is 11.0. The molecule has 0 spiro atoms. The molecule has 174 valence electrons. The standard InChI is InChI=1S/C26H53NO2/c1-4-7-9-11-13-15-17-19-23-27(25(6-3)21-22-26(28)29)24-20-18-16-14-12-10-8-5-2/h25H,4-24H2,1-3H3,(H,28,29). The monoisotopic (exact) mass is 411 g/mol. The summed E-state index contributed by atoms with van der Waals surface area (Å²) in [5, 5.41) is 9.09. The van der Waals surface area contributed by atoms with Crippen molar-refractivity contribution in [1.82, 2.24) is 4.90 Å². The molecule has 3 nitrogen and oxygen atoms in total. The van der Waals surface area contributed by atoms with Crippen molar-refractivity contribution >= 4 is 5.97 Å². The summed E-state index contributed by atoms with van der Waals surface area (Å²) in [5.41, 5.74) is 0. The Bertz CT molecular complexity index is 326. The molecule has 0 aromatic carbocycles. The summed E-state index contributed by atoms with van der Waals surface area (Å²) in [5.74, 6) is -0.650. The van der Waals surface area contributed by atoms with E-state index < -0.39 is 5.97 Å². The fraction of sp³-hybridized carbons (Fsp3) is 0.962. The highest BCUT2D eigenvalue weighted by atomic mass is 16.4. The van der Waals surface area contributed by atoms with Gasteiger partial charge in [0.1, 0.15) is 0 Å². The second-order valence-corrected chi connectivity index (χ2v) is 8.98. The molecule has 0 aromatic rings. The molecule has 0 aliphatic carbocycles. The highest BCUT2D eigenvalue weighted by molar-refractivity contribution is 5.66. The van der Waals surface area contributed by atoms with E-state index in [0.717, 1.165) is 25.9 Å². The predicted octanol–water partition coefficient (Wildman–Crippen LogP) is 8.21. The number of hydrogen-bond donors (Lipinski definition) is 1. The van der Waals surface area contributed by atoms with Gasteiger partial charge < -0.3 is 10.0 Å². The Morgan fingerprint density at radius 1 is 0.655 bits per heavy atom. The van der Waals surface area contributed by atoms with Gasteiger partial charge in [0.05, 0.1) is 0 Å². The van der Waals surface area contributed by atoms with Gasteiger partial charge in [0.15, 0.2) is 0 Å². The second kappa shape index (κ2) is 22.1. The van der Waals surface area contributed by atoms with Crippen LogP contribution in [0, 0.1) is 0 Å². The molecule has 0 rings (SSSR count).